The number of nitrogens with one attached hydrogen (secondary N) is 1. The van der Waals surface area contributed by atoms with Gasteiger partial charge in [0.2, 0.25) is 0 Å². The van der Waals surface area contributed by atoms with Gasteiger partial charge >= 0.3 is 0 Å². The Bertz CT molecular complexity index is 1620. The summed E-state index contributed by atoms with van der Waals surface area (Å²) in [7, 11) is 0. The molecular formula is C40H46FN3O3. The zero-order chi connectivity index (χ0) is 32.2. The molecule has 7 rings (SSSR count). The van der Waals surface area contributed by atoms with Crippen LogP contribution in [0.4, 0.5) is 4.39 Å². The number of carbonyl (C=O) groups is 2. The number of ether oxygens (including phenoxy) is 1. The molecule has 246 valence electrons. The van der Waals surface area contributed by atoms with Crippen molar-refractivity contribution < 1.29 is 18.7 Å². The van der Waals surface area contributed by atoms with Crippen LogP contribution in [0.1, 0.15) is 95.6 Å². The molecule has 1 amide bonds. The van der Waals surface area contributed by atoms with E-state index in [1.54, 1.807) is 12.3 Å². The van der Waals surface area contributed by atoms with E-state index in [1.807, 2.05) is 24.3 Å². The van der Waals surface area contributed by atoms with Gasteiger partial charge in [0.25, 0.3) is 5.91 Å². The quantitative estimate of drug-likeness (QED) is 0.333. The molecule has 2 unspecified atom stereocenters. The largest absolute Gasteiger partial charge is 0.378 e. The van der Waals surface area contributed by atoms with Gasteiger partial charge in [-0.1, -0.05) is 48.3 Å². The van der Waals surface area contributed by atoms with Gasteiger partial charge in [0.05, 0.1) is 11.8 Å². The molecule has 7 heteroatoms. The first-order chi connectivity index (χ1) is 23.0. The molecule has 1 N–H and O–H groups in total. The van der Waals surface area contributed by atoms with Crippen molar-refractivity contribution in [2.24, 2.45) is 16.3 Å². The molecule has 1 aromatic carbocycles. The molecule has 5 aliphatic rings. The molecule has 2 aromatic rings. The molecule has 3 heterocycles. The maximum Gasteiger partial charge on any atom is 0.269 e. The van der Waals surface area contributed by atoms with Gasteiger partial charge in [0.1, 0.15) is 11.5 Å². The molecule has 3 aliphatic carbocycles. The third-order valence-corrected chi connectivity index (χ3v) is 11.0. The van der Waals surface area contributed by atoms with Crippen molar-refractivity contribution in [1.29, 1.82) is 0 Å². The predicted octanol–water partition coefficient (Wildman–Crippen LogP) is 8.14. The lowest BCUT2D eigenvalue weighted by Gasteiger charge is -2.39. The first-order valence-corrected chi connectivity index (χ1v) is 17.8. The van der Waals surface area contributed by atoms with E-state index < -0.39 is 0 Å². The molecule has 0 radical (unpaired) electrons. The molecular weight excluding hydrogens is 589 g/mol. The van der Waals surface area contributed by atoms with E-state index in [1.165, 1.54) is 36.1 Å². The van der Waals surface area contributed by atoms with Gasteiger partial charge in [-0.15, -0.1) is 0 Å². The van der Waals surface area contributed by atoms with Crippen LogP contribution in [0, 0.1) is 17.2 Å². The highest BCUT2D eigenvalue weighted by Gasteiger charge is 2.44. The Labute approximate surface area is 277 Å². The highest BCUT2D eigenvalue weighted by Crippen LogP contribution is 2.53. The molecule has 1 spiro atoms. The van der Waals surface area contributed by atoms with Gasteiger partial charge in [0.15, 0.2) is 5.78 Å². The number of aliphatic imine (C=N–C) groups is 1. The number of hydrogen-bond acceptors (Lipinski definition) is 5. The Kier molecular flexibility index (Phi) is 9.62. The van der Waals surface area contributed by atoms with Gasteiger partial charge in [-0.2, -0.15) is 0 Å². The number of allylic oxidation sites excluding steroid dienone is 4. The number of nitrogens with zero attached hydrogens (tertiary/aromatic N) is 2. The van der Waals surface area contributed by atoms with E-state index in [2.05, 4.69) is 11.4 Å². The molecule has 2 fully saturated rings. The maximum atomic E-state index is 14.3. The first kappa shape index (κ1) is 31.9. The van der Waals surface area contributed by atoms with Crippen LogP contribution < -0.4 is 5.32 Å². The SMILES string of the molecule is O=C1CC2(CCCC2)CC2=C1C(C=Cc1ccc(-c3cccc(F)c3)cn1)C1=C(CCCN=C1C(=O)NCCC1CCCO1)CCC2. The Balaban J connectivity index is 1.24. The van der Waals surface area contributed by atoms with Crippen molar-refractivity contribution in [3.8, 4) is 11.1 Å². The fourth-order valence-electron chi connectivity index (χ4n) is 8.72. The van der Waals surface area contributed by atoms with Gasteiger partial charge in [-0.3, -0.25) is 19.6 Å². The third kappa shape index (κ3) is 7.11. The van der Waals surface area contributed by atoms with Crippen LogP contribution in [0.2, 0.25) is 0 Å². The minimum atomic E-state index is -0.350. The van der Waals surface area contributed by atoms with Gasteiger partial charge in [-0.25, -0.2) is 4.39 Å². The lowest BCUT2D eigenvalue weighted by Crippen LogP contribution is -2.38. The zero-order valence-electron chi connectivity index (χ0n) is 27.4. The minimum absolute atomic E-state index is 0.106. The van der Waals surface area contributed by atoms with E-state index in [0.29, 0.717) is 25.2 Å². The van der Waals surface area contributed by atoms with Crippen LogP contribution >= 0.6 is 0 Å². The minimum Gasteiger partial charge on any atom is -0.378 e. The van der Waals surface area contributed by atoms with Crippen molar-refractivity contribution in [3.05, 3.63) is 82.5 Å². The number of aromatic nitrogens is 1. The van der Waals surface area contributed by atoms with Crippen molar-refractivity contribution in [3.63, 3.8) is 0 Å². The number of Topliss-reactive ketones (excluding diaryl/α,β-unsaturated/α-hetero) is 1. The molecule has 2 atom stereocenters. The van der Waals surface area contributed by atoms with Gasteiger partial charge in [-0.05, 0) is 111 Å². The summed E-state index contributed by atoms with van der Waals surface area (Å²) >= 11 is 0. The van der Waals surface area contributed by atoms with Crippen molar-refractivity contribution in [2.45, 2.75) is 96.0 Å². The molecule has 2 aliphatic heterocycles. The number of rotatable bonds is 7. The number of hydrogen-bond donors (Lipinski definition) is 1. The zero-order valence-corrected chi connectivity index (χ0v) is 27.4. The van der Waals surface area contributed by atoms with E-state index in [-0.39, 0.29) is 34.9 Å². The number of pyridine rings is 1. The second-order valence-electron chi connectivity index (χ2n) is 14.2. The van der Waals surface area contributed by atoms with Crippen LogP contribution in [-0.2, 0) is 14.3 Å². The van der Waals surface area contributed by atoms with Crippen LogP contribution in [0.3, 0.4) is 0 Å². The van der Waals surface area contributed by atoms with E-state index >= 15 is 0 Å². The molecule has 1 saturated heterocycles. The number of amides is 1. The van der Waals surface area contributed by atoms with E-state index in [4.69, 9.17) is 14.7 Å². The summed E-state index contributed by atoms with van der Waals surface area (Å²) in [5.41, 5.74) is 7.35. The summed E-state index contributed by atoms with van der Waals surface area (Å²) in [6.45, 7) is 1.94. The van der Waals surface area contributed by atoms with E-state index in [0.717, 1.165) is 105 Å². The third-order valence-electron chi connectivity index (χ3n) is 11.0. The van der Waals surface area contributed by atoms with Gasteiger partial charge < -0.3 is 10.1 Å². The fraction of sp³-hybridized carbons (Fsp3) is 0.500. The Morgan fingerprint density at radius 1 is 0.979 bits per heavy atom. The van der Waals surface area contributed by atoms with Gasteiger partial charge in [0, 0.05) is 49.4 Å². The summed E-state index contributed by atoms with van der Waals surface area (Å²) in [6.07, 6.45) is 19.8. The lowest BCUT2D eigenvalue weighted by atomic mass is 9.64. The summed E-state index contributed by atoms with van der Waals surface area (Å²) in [5, 5.41) is 3.17. The van der Waals surface area contributed by atoms with Crippen LogP contribution in [0.15, 0.2) is 76.0 Å². The molecule has 47 heavy (non-hydrogen) atoms. The normalized spacial score (nSPS) is 24.5. The maximum absolute atomic E-state index is 14.3. The predicted molar refractivity (Wildman–Crippen MR) is 183 cm³/mol. The Morgan fingerprint density at radius 2 is 1.83 bits per heavy atom. The second kappa shape index (κ2) is 14.2. The number of benzene rings is 1. The topological polar surface area (TPSA) is 80.7 Å². The second-order valence-corrected chi connectivity index (χ2v) is 14.2. The highest BCUT2D eigenvalue weighted by atomic mass is 19.1. The van der Waals surface area contributed by atoms with Crippen molar-refractivity contribution in [1.82, 2.24) is 10.3 Å². The van der Waals surface area contributed by atoms with Crippen molar-refractivity contribution in [2.75, 3.05) is 19.7 Å². The Morgan fingerprint density at radius 3 is 2.62 bits per heavy atom. The summed E-state index contributed by atoms with van der Waals surface area (Å²) in [5.74, 6) is -0.533. The molecule has 0 bridgehead atoms. The van der Waals surface area contributed by atoms with Crippen LogP contribution in [0.5, 0.6) is 0 Å². The smallest absolute Gasteiger partial charge is 0.269 e. The standard InChI is InChI=1S/C40H46FN3O3/c41-31-11-4-8-28(23-31)30-13-14-32(44-26-30)15-16-34-36-29(24-40(25-35(36)45)18-1-2-19-40)9-3-7-27-10-5-20-42-38(37(27)34)39(46)43-21-17-33-12-6-22-47-33/h4,8,11,13-16,23,26,33-34H,1-3,5-7,9-10,12,17-22,24-25H2,(H,43,46). The number of carbonyl (C=O) groups excluding carboxylic acids is 2. The first-order valence-electron chi connectivity index (χ1n) is 17.8. The molecule has 1 aromatic heterocycles. The lowest BCUT2D eigenvalue weighted by molar-refractivity contribution is -0.119. The highest BCUT2D eigenvalue weighted by molar-refractivity contribution is 6.46. The molecule has 1 saturated carbocycles. The molecule has 6 nitrogen and oxygen atoms in total. The van der Waals surface area contributed by atoms with E-state index in [9.17, 15) is 14.0 Å². The average Bonchev–Trinajstić information content (AvgIpc) is 3.70. The number of halogens is 1. The van der Waals surface area contributed by atoms with Crippen LogP contribution in [0.25, 0.3) is 17.2 Å². The monoisotopic (exact) mass is 635 g/mol. The average molecular weight is 636 g/mol. The van der Waals surface area contributed by atoms with Crippen molar-refractivity contribution >= 4 is 23.5 Å². The summed E-state index contributed by atoms with van der Waals surface area (Å²) < 4.78 is 19.7. The Hall–Kier alpha value is -3.71. The fourth-order valence-corrected chi connectivity index (χ4v) is 8.72. The summed E-state index contributed by atoms with van der Waals surface area (Å²) in [6, 6.07) is 10.4. The van der Waals surface area contributed by atoms with Crippen LogP contribution in [-0.4, -0.2) is 48.2 Å². The number of ketones is 1. The summed E-state index contributed by atoms with van der Waals surface area (Å²) in [4.78, 5) is 37.9.